The molecular formula is C21H26N6O3. The molecule has 0 fully saturated rings. The molecule has 3 rings (SSSR count). The number of carbonyl (C=O) groups is 2. The maximum atomic E-state index is 12.7. The van der Waals surface area contributed by atoms with Crippen LogP contribution in [0.5, 0.6) is 5.75 Å². The van der Waals surface area contributed by atoms with Gasteiger partial charge in [0.1, 0.15) is 18.0 Å². The highest BCUT2D eigenvalue weighted by Gasteiger charge is 2.16. The molecule has 158 valence electrons. The highest BCUT2D eigenvalue weighted by Crippen LogP contribution is 2.31. The number of rotatable bonds is 8. The summed E-state index contributed by atoms with van der Waals surface area (Å²) in [5, 5.41) is 10.8. The summed E-state index contributed by atoms with van der Waals surface area (Å²) in [6, 6.07) is 8.80. The highest BCUT2D eigenvalue weighted by atomic mass is 16.5. The van der Waals surface area contributed by atoms with Gasteiger partial charge in [0.15, 0.2) is 0 Å². The second-order valence-corrected chi connectivity index (χ2v) is 7.16. The topological polar surface area (TPSA) is 124 Å². The predicted molar refractivity (Wildman–Crippen MR) is 114 cm³/mol. The molecule has 1 aromatic carbocycles. The minimum Gasteiger partial charge on any atom is -0.489 e. The van der Waals surface area contributed by atoms with Crippen LogP contribution in [-0.2, 0) is 11.3 Å². The highest BCUT2D eigenvalue weighted by molar-refractivity contribution is 6.05. The SMILES string of the molecule is Cc1cccc(C(=O)Nc2cc3cn(CC(=O)NCCN)nc3cc2OC(C)C)n1. The fourth-order valence-electron chi connectivity index (χ4n) is 2.90. The summed E-state index contributed by atoms with van der Waals surface area (Å²) in [4.78, 5) is 28.9. The van der Waals surface area contributed by atoms with Gasteiger partial charge < -0.3 is 21.1 Å². The van der Waals surface area contributed by atoms with E-state index in [1.807, 2.05) is 26.8 Å². The molecule has 4 N–H and O–H groups in total. The fourth-order valence-corrected chi connectivity index (χ4v) is 2.90. The number of nitrogens with one attached hydrogen (secondary N) is 2. The molecule has 9 heteroatoms. The summed E-state index contributed by atoms with van der Waals surface area (Å²) in [7, 11) is 0. The number of fused-ring (bicyclic) bond motifs is 1. The second kappa shape index (κ2) is 9.36. The summed E-state index contributed by atoms with van der Waals surface area (Å²) >= 11 is 0. The molecule has 0 atom stereocenters. The van der Waals surface area contributed by atoms with E-state index >= 15 is 0 Å². The molecule has 2 aromatic heterocycles. The number of nitrogens with zero attached hydrogens (tertiary/aromatic N) is 3. The number of pyridine rings is 1. The van der Waals surface area contributed by atoms with E-state index in [1.54, 1.807) is 35.1 Å². The minimum absolute atomic E-state index is 0.0734. The number of hydrogen-bond acceptors (Lipinski definition) is 6. The molecule has 0 bridgehead atoms. The van der Waals surface area contributed by atoms with Crippen LogP contribution < -0.4 is 21.1 Å². The Morgan fingerprint density at radius 3 is 2.77 bits per heavy atom. The molecule has 2 heterocycles. The van der Waals surface area contributed by atoms with Gasteiger partial charge in [-0.15, -0.1) is 0 Å². The smallest absolute Gasteiger partial charge is 0.274 e. The number of ether oxygens (including phenoxy) is 1. The number of nitrogens with two attached hydrogens (primary N) is 1. The third kappa shape index (κ3) is 5.32. The van der Waals surface area contributed by atoms with Crippen molar-refractivity contribution in [3.05, 3.63) is 47.9 Å². The molecule has 0 aliphatic carbocycles. The number of anilines is 1. The van der Waals surface area contributed by atoms with E-state index in [0.29, 0.717) is 35.7 Å². The molecule has 0 aliphatic heterocycles. The van der Waals surface area contributed by atoms with Crippen LogP contribution in [0.25, 0.3) is 10.9 Å². The van der Waals surface area contributed by atoms with Gasteiger partial charge >= 0.3 is 0 Å². The van der Waals surface area contributed by atoms with Crippen molar-refractivity contribution in [3.8, 4) is 5.75 Å². The van der Waals surface area contributed by atoms with Gasteiger partial charge in [-0.3, -0.25) is 14.3 Å². The quantitative estimate of drug-likeness (QED) is 0.521. The second-order valence-electron chi connectivity index (χ2n) is 7.16. The molecule has 9 nitrogen and oxygen atoms in total. The number of amides is 2. The predicted octanol–water partition coefficient (Wildman–Crippen LogP) is 1.85. The average molecular weight is 410 g/mol. The Morgan fingerprint density at radius 1 is 1.27 bits per heavy atom. The van der Waals surface area contributed by atoms with Crippen LogP contribution in [0.1, 0.15) is 30.0 Å². The van der Waals surface area contributed by atoms with Gasteiger partial charge in [-0.1, -0.05) is 6.07 Å². The van der Waals surface area contributed by atoms with Crippen molar-refractivity contribution >= 4 is 28.4 Å². The monoisotopic (exact) mass is 410 g/mol. The molecule has 3 aromatic rings. The van der Waals surface area contributed by atoms with Gasteiger partial charge in [0, 0.05) is 36.4 Å². The molecule has 0 saturated heterocycles. The van der Waals surface area contributed by atoms with Gasteiger partial charge in [-0.25, -0.2) is 4.98 Å². The Kier molecular flexibility index (Phi) is 6.63. The Balaban J connectivity index is 1.89. The maximum absolute atomic E-state index is 12.7. The zero-order chi connectivity index (χ0) is 21.7. The first-order valence-electron chi connectivity index (χ1n) is 9.75. The van der Waals surface area contributed by atoms with E-state index in [9.17, 15) is 9.59 Å². The van der Waals surface area contributed by atoms with Crippen molar-refractivity contribution in [3.63, 3.8) is 0 Å². The third-order valence-electron chi connectivity index (χ3n) is 4.16. The lowest BCUT2D eigenvalue weighted by molar-refractivity contribution is -0.121. The Hall–Kier alpha value is -3.46. The first kappa shape index (κ1) is 21.3. The molecule has 0 unspecified atom stereocenters. The average Bonchev–Trinajstić information content (AvgIpc) is 3.06. The van der Waals surface area contributed by atoms with Crippen molar-refractivity contribution in [1.29, 1.82) is 0 Å². The van der Waals surface area contributed by atoms with Crippen LogP contribution in [0.15, 0.2) is 36.5 Å². The van der Waals surface area contributed by atoms with Gasteiger partial charge in [0.25, 0.3) is 5.91 Å². The minimum atomic E-state index is -0.333. The standard InChI is InChI=1S/C21H26N6O3/c1-13(2)30-19-10-17-15(11-27(26-17)12-20(28)23-8-7-22)9-18(19)25-21(29)16-6-4-5-14(3)24-16/h4-6,9-11,13H,7-8,12,22H2,1-3H3,(H,23,28)(H,25,29). The van der Waals surface area contributed by atoms with E-state index < -0.39 is 0 Å². The van der Waals surface area contributed by atoms with Gasteiger partial charge in [-0.2, -0.15) is 5.10 Å². The van der Waals surface area contributed by atoms with Crippen molar-refractivity contribution in [2.45, 2.75) is 33.4 Å². The lowest BCUT2D eigenvalue weighted by Gasteiger charge is -2.15. The zero-order valence-corrected chi connectivity index (χ0v) is 17.3. The van der Waals surface area contributed by atoms with Gasteiger partial charge in [0.2, 0.25) is 5.91 Å². The van der Waals surface area contributed by atoms with Crippen LogP contribution >= 0.6 is 0 Å². The molecular weight excluding hydrogens is 384 g/mol. The fraction of sp³-hybridized carbons (Fsp3) is 0.333. The van der Waals surface area contributed by atoms with E-state index in [0.717, 1.165) is 11.1 Å². The molecule has 0 spiro atoms. The van der Waals surface area contributed by atoms with Crippen molar-refractivity contribution < 1.29 is 14.3 Å². The third-order valence-corrected chi connectivity index (χ3v) is 4.16. The van der Waals surface area contributed by atoms with Crippen LogP contribution in [-0.4, -0.2) is 45.8 Å². The number of aryl methyl sites for hydroxylation is 1. The van der Waals surface area contributed by atoms with Crippen LogP contribution in [0.4, 0.5) is 5.69 Å². The maximum Gasteiger partial charge on any atom is 0.274 e. The van der Waals surface area contributed by atoms with Crippen LogP contribution in [0.2, 0.25) is 0 Å². The normalized spacial score (nSPS) is 11.0. The lowest BCUT2D eigenvalue weighted by atomic mass is 10.2. The van der Waals surface area contributed by atoms with Crippen molar-refractivity contribution in [2.75, 3.05) is 18.4 Å². The lowest BCUT2D eigenvalue weighted by Crippen LogP contribution is -2.31. The Bertz CT molecular complexity index is 1060. The van der Waals surface area contributed by atoms with Crippen molar-refractivity contribution in [1.82, 2.24) is 20.1 Å². The summed E-state index contributed by atoms with van der Waals surface area (Å²) in [5.41, 5.74) is 7.64. The van der Waals surface area contributed by atoms with Crippen LogP contribution in [0, 0.1) is 6.92 Å². The summed E-state index contributed by atoms with van der Waals surface area (Å²) < 4.78 is 7.42. The van der Waals surface area contributed by atoms with E-state index in [1.165, 1.54) is 0 Å². The van der Waals surface area contributed by atoms with Gasteiger partial charge in [-0.05, 0) is 39.0 Å². The number of carbonyl (C=O) groups excluding carboxylic acids is 2. The first-order chi connectivity index (χ1) is 14.4. The molecule has 0 saturated carbocycles. The molecule has 2 amide bonds. The van der Waals surface area contributed by atoms with E-state index in [4.69, 9.17) is 10.5 Å². The Labute approximate surface area is 174 Å². The zero-order valence-electron chi connectivity index (χ0n) is 17.3. The molecule has 0 radical (unpaired) electrons. The Morgan fingerprint density at radius 2 is 2.07 bits per heavy atom. The number of benzene rings is 1. The number of aromatic nitrogens is 3. The summed E-state index contributed by atoms with van der Waals surface area (Å²) in [6.45, 7) is 6.49. The van der Waals surface area contributed by atoms with Crippen LogP contribution in [0.3, 0.4) is 0 Å². The largest absolute Gasteiger partial charge is 0.489 e. The molecule has 30 heavy (non-hydrogen) atoms. The van der Waals surface area contributed by atoms with Gasteiger partial charge in [0.05, 0.1) is 17.3 Å². The summed E-state index contributed by atoms with van der Waals surface area (Å²) in [6.07, 6.45) is 1.65. The van der Waals surface area contributed by atoms with E-state index in [2.05, 4.69) is 20.7 Å². The first-order valence-corrected chi connectivity index (χ1v) is 9.75. The van der Waals surface area contributed by atoms with Crippen molar-refractivity contribution in [2.24, 2.45) is 5.73 Å². The number of hydrogen-bond donors (Lipinski definition) is 3. The van der Waals surface area contributed by atoms with E-state index in [-0.39, 0.29) is 24.5 Å². The summed E-state index contributed by atoms with van der Waals surface area (Å²) in [5.74, 6) is -0.0116. The molecule has 0 aliphatic rings.